The van der Waals surface area contributed by atoms with Crippen molar-refractivity contribution in [2.24, 2.45) is 0 Å². The fourth-order valence-electron chi connectivity index (χ4n) is 4.14. The fraction of sp³-hybridized carbons (Fsp3) is 0.269. The molecule has 7 nitrogen and oxygen atoms in total. The maximum atomic E-state index is 13.6. The number of Topliss-reactive ketones (excluding diaryl/α,β-unsaturated/α-hetero) is 1. The van der Waals surface area contributed by atoms with E-state index in [-0.39, 0.29) is 17.9 Å². The molecule has 8 heteroatoms. The minimum Gasteiger partial charge on any atom is -0.503 e. The predicted octanol–water partition coefficient (Wildman–Crippen LogP) is 4.61. The van der Waals surface area contributed by atoms with Crippen LogP contribution in [0.3, 0.4) is 0 Å². The largest absolute Gasteiger partial charge is 0.503 e. The van der Waals surface area contributed by atoms with E-state index in [4.69, 9.17) is 4.74 Å². The molecule has 0 radical (unpaired) electrons. The van der Waals surface area contributed by atoms with Gasteiger partial charge in [0.15, 0.2) is 5.76 Å². The molecule has 1 aromatic heterocycles. The highest BCUT2D eigenvalue weighted by Gasteiger charge is 2.44. The van der Waals surface area contributed by atoms with Gasteiger partial charge < -0.3 is 19.6 Å². The highest BCUT2D eigenvalue weighted by Crippen LogP contribution is 2.41. The van der Waals surface area contributed by atoms with E-state index in [0.717, 1.165) is 21.8 Å². The number of aromatic nitrogens is 1. The predicted molar refractivity (Wildman–Crippen MR) is 133 cm³/mol. The molecule has 176 valence electrons. The number of aryl methyl sites for hydroxylation is 2. The lowest BCUT2D eigenvalue weighted by molar-refractivity contribution is -0.130. The first-order valence-corrected chi connectivity index (χ1v) is 11.7. The molecule has 0 spiro atoms. The second-order valence-corrected chi connectivity index (χ2v) is 9.61. The van der Waals surface area contributed by atoms with E-state index in [2.05, 4.69) is 4.98 Å². The molecule has 0 fully saturated rings. The molecule has 1 unspecified atom stereocenters. The van der Waals surface area contributed by atoms with Crippen LogP contribution in [-0.4, -0.2) is 47.9 Å². The third-order valence-corrected chi connectivity index (χ3v) is 6.97. The summed E-state index contributed by atoms with van der Waals surface area (Å²) in [6, 6.07) is 14.3. The van der Waals surface area contributed by atoms with Gasteiger partial charge in [-0.25, -0.2) is 4.98 Å². The Morgan fingerprint density at radius 1 is 1.12 bits per heavy atom. The number of carbonyl (C=O) groups excluding carboxylic acids is 2. The number of nitrogens with zero attached hydrogens (tertiary/aromatic N) is 3. The van der Waals surface area contributed by atoms with E-state index in [1.54, 1.807) is 14.0 Å². The van der Waals surface area contributed by atoms with Crippen molar-refractivity contribution in [2.75, 3.05) is 26.1 Å². The summed E-state index contributed by atoms with van der Waals surface area (Å²) in [6.45, 7) is 3.82. The van der Waals surface area contributed by atoms with E-state index in [0.29, 0.717) is 16.3 Å². The Morgan fingerprint density at radius 3 is 2.29 bits per heavy atom. The first kappa shape index (κ1) is 23.5. The molecule has 0 bridgehead atoms. The van der Waals surface area contributed by atoms with E-state index in [1.807, 2.05) is 74.4 Å². The van der Waals surface area contributed by atoms with Gasteiger partial charge in [-0.1, -0.05) is 24.3 Å². The monoisotopic (exact) mass is 477 g/mol. The Balaban J connectivity index is 1.78. The van der Waals surface area contributed by atoms with Gasteiger partial charge in [-0.3, -0.25) is 9.59 Å². The molecule has 34 heavy (non-hydrogen) atoms. The quantitative estimate of drug-likeness (QED) is 0.500. The van der Waals surface area contributed by atoms with Crippen molar-refractivity contribution in [2.45, 2.75) is 26.4 Å². The molecule has 2 heterocycles. The van der Waals surface area contributed by atoms with Gasteiger partial charge in [-0.2, -0.15) is 0 Å². The molecule has 2 aromatic carbocycles. The fourth-order valence-corrected chi connectivity index (χ4v) is 5.02. The molecule has 0 saturated heterocycles. The van der Waals surface area contributed by atoms with E-state index in [1.165, 1.54) is 16.2 Å². The standard InChI is InChI=1S/C26H27N3O4S/c1-15-25(34-16(2)27-15)23(30)21-22(18-8-10-19(11-9-18)28(3)4)29(26(32)24(21)31)14-17-6-12-20(33-5)13-7-17/h6-13,22,31H,14H2,1-5H3. The number of ketones is 1. The molecule has 0 saturated carbocycles. The number of methoxy groups -OCH3 is 1. The number of rotatable bonds is 7. The van der Waals surface area contributed by atoms with Gasteiger partial charge in [-0.15, -0.1) is 11.3 Å². The Kier molecular flexibility index (Phi) is 6.43. The Morgan fingerprint density at radius 2 is 1.76 bits per heavy atom. The van der Waals surface area contributed by atoms with Crippen LogP contribution in [-0.2, 0) is 11.3 Å². The summed E-state index contributed by atoms with van der Waals surface area (Å²) < 4.78 is 5.23. The summed E-state index contributed by atoms with van der Waals surface area (Å²) in [7, 11) is 5.48. The van der Waals surface area contributed by atoms with E-state index >= 15 is 0 Å². The number of anilines is 1. The van der Waals surface area contributed by atoms with Crippen LogP contribution >= 0.6 is 11.3 Å². The Labute approximate surface area is 202 Å². The Hall–Kier alpha value is -3.65. The molecule has 3 aromatic rings. The summed E-state index contributed by atoms with van der Waals surface area (Å²) in [6.07, 6.45) is 0. The van der Waals surface area contributed by atoms with Gasteiger partial charge in [-0.05, 0) is 49.2 Å². The van der Waals surface area contributed by atoms with Crippen LogP contribution in [0.1, 0.15) is 37.5 Å². The SMILES string of the molecule is COc1ccc(CN2C(=O)C(O)=C(C(=O)c3sc(C)nc3C)C2c2ccc(N(C)C)cc2)cc1. The van der Waals surface area contributed by atoms with Crippen molar-refractivity contribution >= 4 is 28.7 Å². The van der Waals surface area contributed by atoms with Crippen LogP contribution < -0.4 is 9.64 Å². The third-order valence-electron chi connectivity index (χ3n) is 5.90. The normalized spacial score (nSPS) is 15.7. The summed E-state index contributed by atoms with van der Waals surface area (Å²) in [5.41, 5.74) is 3.28. The van der Waals surface area contributed by atoms with Gasteiger partial charge in [0.05, 0.1) is 34.3 Å². The van der Waals surface area contributed by atoms with Crippen molar-refractivity contribution < 1.29 is 19.4 Å². The molecule has 1 N–H and O–H groups in total. The molecule has 1 aliphatic rings. The van der Waals surface area contributed by atoms with Gasteiger partial charge in [0.2, 0.25) is 5.78 Å². The number of aliphatic hydroxyl groups is 1. The van der Waals surface area contributed by atoms with Crippen molar-refractivity contribution in [3.63, 3.8) is 0 Å². The number of amides is 1. The topological polar surface area (TPSA) is 83.0 Å². The maximum Gasteiger partial charge on any atom is 0.290 e. The molecule has 4 rings (SSSR count). The van der Waals surface area contributed by atoms with E-state index in [9.17, 15) is 14.7 Å². The smallest absolute Gasteiger partial charge is 0.290 e. The van der Waals surface area contributed by atoms with Crippen molar-refractivity contribution in [1.82, 2.24) is 9.88 Å². The number of benzene rings is 2. The molecule has 1 aliphatic heterocycles. The van der Waals surface area contributed by atoms with Gasteiger partial charge >= 0.3 is 0 Å². The number of aliphatic hydroxyl groups excluding tert-OH is 1. The highest BCUT2D eigenvalue weighted by molar-refractivity contribution is 7.14. The molecular weight excluding hydrogens is 450 g/mol. The minimum absolute atomic E-state index is 0.0860. The Bertz CT molecular complexity index is 1260. The average Bonchev–Trinajstić information content (AvgIpc) is 3.29. The van der Waals surface area contributed by atoms with Crippen molar-refractivity contribution in [1.29, 1.82) is 0 Å². The zero-order chi connectivity index (χ0) is 24.6. The lowest BCUT2D eigenvalue weighted by atomic mass is 9.94. The van der Waals surface area contributed by atoms with Crippen LogP contribution in [0.5, 0.6) is 5.75 Å². The number of thiazole rings is 1. The average molecular weight is 478 g/mol. The third kappa shape index (κ3) is 4.28. The van der Waals surface area contributed by atoms with Gasteiger partial charge in [0, 0.05) is 26.3 Å². The van der Waals surface area contributed by atoms with Crippen LogP contribution in [0.15, 0.2) is 59.9 Å². The number of hydrogen-bond donors (Lipinski definition) is 1. The highest BCUT2D eigenvalue weighted by atomic mass is 32.1. The number of carbonyl (C=O) groups is 2. The number of hydrogen-bond acceptors (Lipinski definition) is 7. The van der Waals surface area contributed by atoms with Gasteiger partial charge in [0.1, 0.15) is 5.75 Å². The van der Waals surface area contributed by atoms with Crippen molar-refractivity contribution in [3.8, 4) is 5.75 Å². The summed E-state index contributed by atoms with van der Waals surface area (Å²) in [4.78, 5) is 35.2. The number of ether oxygens (including phenoxy) is 1. The van der Waals surface area contributed by atoms with Crippen molar-refractivity contribution in [3.05, 3.63) is 86.6 Å². The first-order valence-electron chi connectivity index (χ1n) is 10.8. The molecule has 0 aliphatic carbocycles. The van der Waals surface area contributed by atoms with Crippen LogP contribution in [0.2, 0.25) is 0 Å². The zero-order valence-electron chi connectivity index (χ0n) is 19.8. The molecule has 1 atom stereocenters. The summed E-state index contributed by atoms with van der Waals surface area (Å²) in [5.74, 6) is -0.738. The minimum atomic E-state index is -0.722. The molecule has 1 amide bonds. The first-order chi connectivity index (χ1) is 16.2. The maximum absolute atomic E-state index is 13.6. The van der Waals surface area contributed by atoms with Gasteiger partial charge in [0.25, 0.3) is 5.91 Å². The second kappa shape index (κ2) is 9.30. The summed E-state index contributed by atoms with van der Waals surface area (Å²) >= 11 is 1.27. The second-order valence-electron chi connectivity index (χ2n) is 8.41. The summed E-state index contributed by atoms with van der Waals surface area (Å²) in [5, 5.41) is 11.7. The lowest BCUT2D eigenvalue weighted by Gasteiger charge is -2.27. The molecular formula is C26H27N3O4S. The van der Waals surface area contributed by atoms with Crippen LogP contribution in [0.25, 0.3) is 0 Å². The van der Waals surface area contributed by atoms with E-state index < -0.39 is 17.7 Å². The van der Waals surface area contributed by atoms with Crippen LogP contribution in [0, 0.1) is 13.8 Å². The lowest BCUT2D eigenvalue weighted by Crippen LogP contribution is -2.30. The zero-order valence-corrected chi connectivity index (χ0v) is 20.6. The van der Waals surface area contributed by atoms with Crippen LogP contribution in [0.4, 0.5) is 5.69 Å².